The average Bonchev–Trinajstić information content (AvgIpc) is 3.08. The molecular formula is C19H19Cl4NO3S. The van der Waals surface area contributed by atoms with E-state index in [9.17, 15) is 0 Å². The SMILES string of the molecule is CCC(C)ON=Cc1ccc(COc2c(Cl)cc(OCC=C(Cl)Cl)cc2Cl)s1. The van der Waals surface area contributed by atoms with Gasteiger partial charge in [-0.1, -0.05) is 58.5 Å². The molecule has 1 heterocycles. The number of thiophene rings is 1. The number of nitrogens with zero attached hydrogens (tertiary/aromatic N) is 1. The first kappa shape index (κ1) is 23.2. The van der Waals surface area contributed by atoms with Crippen molar-refractivity contribution < 1.29 is 14.3 Å². The largest absolute Gasteiger partial charge is 0.489 e. The summed E-state index contributed by atoms with van der Waals surface area (Å²) < 4.78 is 11.4. The number of benzene rings is 1. The second-order valence-corrected chi connectivity index (χ2v) is 8.69. The van der Waals surface area contributed by atoms with Crippen molar-refractivity contribution in [3.05, 3.63) is 54.6 Å². The van der Waals surface area contributed by atoms with Gasteiger partial charge < -0.3 is 14.3 Å². The summed E-state index contributed by atoms with van der Waals surface area (Å²) in [6.45, 7) is 4.55. The lowest BCUT2D eigenvalue weighted by atomic mass is 10.3. The topological polar surface area (TPSA) is 40.0 Å². The number of halogens is 4. The maximum atomic E-state index is 6.27. The highest BCUT2D eigenvalue weighted by Gasteiger charge is 2.11. The predicted molar refractivity (Wildman–Crippen MR) is 119 cm³/mol. The molecule has 0 aliphatic rings. The van der Waals surface area contributed by atoms with Gasteiger partial charge in [0.25, 0.3) is 0 Å². The highest BCUT2D eigenvalue weighted by atomic mass is 35.5. The monoisotopic (exact) mass is 481 g/mol. The van der Waals surface area contributed by atoms with Crippen LogP contribution in [0.1, 0.15) is 30.0 Å². The Morgan fingerprint density at radius 2 is 1.89 bits per heavy atom. The van der Waals surface area contributed by atoms with Gasteiger partial charge >= 0.3 is 0 Å². The molecule has 0 aliphatic heterocycles. The zero-order valence-corrected chi connectivity index (χ0v) is 19.1. The fourth-order valence-corrected chi connectivity index (χ4v) is 3.39. The van der Waals surface area contributed by atoms with E-state index in [-0.39, 0.29) is 17.2 Å². The van der Waals surface area contributed by atoms with Gasteiger partial charge in [-0.3, -0.25) is 0 Å². The molecule has 0 N–H and O–H groups in total. The van der Waals surface area contributed by atoms with Crippen molar-refractivity contribution in [1.82, 2.24) is 0 Å². The minimum absolute atomic E-state index is 0.0956. The molecule has 1 aromatic carbocycles. The van der Waals surface area contributed by atoms with Crippen LogP contribution in [-0.2, 0) is 11.4 Å². The van der Waals surface area contributed by atoms with E-state index in [1.165, 1.54) is 6.08 Å². The van der Waals surface area contributed by atoms with E-state index >= 15 is 0 Å². The Balaban J connectivity index is 1.94. The first-order chi connectivity index (χ1) is 13.4. The molecule has 0 spiro atoms. The third kappa shape index (κ3) is 7.72. The lowest BCUT2D eigenvalue weighted by Gasteiger charge is -2.11. The molecule has 0 amide bonds. The molecule has 1 atom stereocenters. The van der Waals surface area contributed by atoms with E-state index in [1.54, 1.807) is 29.7 Å². The van der Waals surface area contributed by atoms with Crippen molar-refractivity contribution in [2.75, 3.05) is 6.61 Å². The van der Waals surface area contributed by atoms with Gasteiger partial charge in [-0.2, -0.15) is 0 Å². The molecule has 0 aliphatic carbocycles. The third-order valence-electron chi connectivity index (χ3n) is 3.50. The minimum atomic E-state index is 0.0956. The molecule has 1 aromatic heterocycles. The summed E-state index contributed by atoms with van der Waals surface area (Å²) in [6, 6.07) is 7.15. The van der Waals surface area contributed by atoms with Gasteiger partial charge in [0.05, 0.1) is 16.3 Å². The molecular weight excluding hydrogens is 464 g/mol. The highest BCUT2D eigenvalue weighted by molar-refractivity contribution is 7.13. The molecule has 152 valence electrons. The minimum Gasteiger partial charge on any atom is -0.489 e. The van der Waals surface area contributed by atoms with Crippen molar-refractivity contribution in [3.63, 3.8) is 0 Å². The van der Waals surface area contributed by atoms with Gasteiger partial charge in [0.2, 0.25) is 0 Å². The second kappa shape index (κ2) is 11.8. The van der Waals surface area contributed by atoms with Crippen LogP contribution in [-0.4, -0.2) is 18.9 Å². The first-order valence-corrected chi connectivity index (χ1v) is 10.8. The lowest BCUT2D eigenvalue weighted by Crippen LogP contribution is -2.00. The molecule has 2 rings (SSSR count). The smallest absolute Gasteiger partial charge is 0.157 e. The number of hydrogen-bond acceptors (Lipinski definition) is 5. The standard InChI is InChI=1S/C19H19Cl4NO3S/c1-3-12(2)27-24-10-14-4-5-15(28-14)11-26-19-16(20)8-13(9-17(19)21)25-7-6-18(22)23/h4-6,8-10,12H,3,7,11H2,1-2H3. The van der Waals surface area contributed by atoms with Crippen LogP contribution in [0.25, 0.3) is 0 Å². The fourth-order valence-electron chi connectivity index (χ4n) is 1.90. The van der Waals surface area contributed by atoms with Crippen molar-refractivity contribution in [2.45, 2.75) is 33.0 Å². The Kier molecular flexibility index (Phi) is 9.75. The van der Waals surface area contributed by atoms with Crippen molar-refractivity contribution >= 4 is 64.0 Å². The number of hydrogen-bond donors (Lipinski definition) is 0. The van der Waals surface area contributed by atoms with Gasteiger partial charge in [-0.05, 0) is 31.6 Å². The maximum Gasteiger partial charge on any atom is 0.157 e. The molecule has 9 heteroatoms. The van der Waals surface area contributed by atoms with Gasteiger partial charge in [-0.15, -0.1) is 11.3 Å². The quantitative estimate of drug-likeness (QED) is 0.260. The second-order valence-electron chi connectivity index (χ2n) is 5.67. The molecule has 0 bridgehead atoms. The van der Waals surface area contributed by atoms with Crippen LogP contribution >= 0.6 is 57.7 Å². The summed E-state index contributed by atoms with van der Waals surface area (Å²) in [5.74, 6) is 0.884. The summed E-state index contributed by atoms with van der Waals surface area (Å²) in [6.07, 6.45) is 4.20. The van der Waals surface area contributed by atoms with E-state index in [4.69, 9.17) is 60.7 Å². The number of oxime groups is 1. The number of rotatable bonds is 10. The Hall–Kier alpha value is -1.11. The summed E-state index contributed by atoms with van der Waals surface area (Å²) >= 11 is 25.2. The highest BCUT2D eigenvalue weighted by Crippen LogP contribution is 2.37. The third-order valence-corrected chi connectivity index (χ3v) is 5.36. The number of ether oxygens (including phenoxy) is 2. The zero-order chi connectivity index (χ0) is 20.5. The van der Waals surface area contributed by atoms with Crippen molar-refractivity contribution in [2.24, 2.45) is 5.16 Å². The average molecular weight is 483 g/mol. The molecule has 0 saturated heterocycles. The van der Waals surface area contributed by atoms with E-state index in [0.717, 1.165) is 16.2 Å². The van der Waals surface area contributed by atoms with Gasteiger partial charge in [0.1, 0.15) is 29.6 Å². The Labute approximate surface area is 188 Å². The van der Waals surface area contributed by atoms with Gasteiger partial charge in [-0.25, -0.2) is 0 Å². The van der Waals surface area contributed by atoms with Crippen LogP contribution in [0.2, 0.25) is 10.0 Å². The molecule has 28 heavy (non-hydrogen) atoms. The van der Waals surface area contributed by atoms with Crippen LogP contribution in [0, 0.1) is 0 Å². The molecule has 0 saturated carbocycles. The fraction of sp³-hybridized carbons (Fsp3) is 0.316. The maximum absolute atomic E-state index is 6.27. The molecule has 0 radical (unpaired) electrons. The Bertz CT molecular complexity index is 811. The zero-order valence-electron chi connectivity index (χ0n) is 15.3. The van der Waals surface area contributed by atoms with Crippen LogP contribution < -0.4 is 9.47 Å². The molecule has 2 aromatic rings. The molecule has 1 unspecified atom stereocenters. The normalized spacial score (nSPS) is 12.1. The van der Waals surface area contributed by atoms with Crippen LogP contribution in [0.4, 0.5) is 0 Å². The van der Waals surface area contributed by atoms with E-state index in [2.05, 4.69) is 5.16 Å². The van der Waals surface area contributed by atoms with E-state index in [1.807, 2.05) is 26.0 Å². The lowest BCUT2D eigenvalue weighted by molar-refractivity contribution is 0.0712. The predicted octanol–water partition coefficient (Wildman–Crippen LogP) is 7.48. The summed E-state index contributed by atoms with van der Waals surface area (Å²) in [7, 11) is 0. The van der Waals surface area contributed by atoms with Crippen molar-refractivity contribution in [3.8, 4) is 11.5 Å². The van der Waals surface area contributed by atoms with E-state index in [0.29, 0.717) is 28.2 Å². The summed E-state index contributed by atoms with van der Waals surface area (Å²) in [4.78, 5) is 7.26. The van der Waals surface area contributed by atoms with Crippen LogP contribution in [0.3, 0.4) is 0 Å². The summed E-state index contributed by atoms with van der Waals surface area (Å²) in [5, 5.41) is 4.69. The Morgan fingerprint density at radius 1 is 1.18 bits per heavy atom. The molecule has 4 nitrogen and oxygen atoms in total. The first-order valence-electron chi connectivity index (χ1n) is 8.42. The van der Waals surface area contributed by atoms with Crippen LogP contribution in [0.15, 0.2) is 40.0 Å². The Morgan fingerprint density at radius 3 is 2.54 bits per heavy atom. The summed E-state index contributed by atoms with van der Waals surface area (Å²) in [5.41, 5.74) is 0. The van der Waals surface area contributed by atoms with Gasteiger partial charge in [0, 0.05) is 21.9 Å². The molecule has 0 fully saturated rings. The van der Waals surface area contributed by atoms with Crippen LogP contribution in [0.5, 0.6) is 11.5 Å². The van der Waals surface area contributed by atoms with E-state index < -0.39 is 0 Å². The van der Waals surface area contributed by atoms with Gasteiger partial charge in [0.15, 0.2) is 5.75 Å². The van der Waals surface area contributed by atoms with Crippen molar-refractivity contribution in [1.29, 1.82) is 0 Å².